The standard InChI is InChI=1S/C3H8.C2H8Si.C2H6.CH5N.2CH4.B.2H2/c2*1-3-2;2*1-2;;;;;/h2*3H2,1-2H3;1-2H3;2H2,1H3;2*1H4;;2*1H/i;;;;;;;2*1+1. The molecule has 0 spiro atoms. The van der Waals surface area contributed by atoms with Gasteiger partial charge in [0.15, 0.2) is 0 Å². The van der Waals surface area contributed by atoms with Gasteiger partial charge in [-0.15, -0.1) is 0 Å². The maximum absolute atomic E-state index is 4.50. The highest BCUT2D eigenvalue weighted by molar-refractivity contribution is 6.31. The third-order valence-corrected chi connectivity index (χ3v) is 0. The molecule has 91 valence electrons. The molecule has 0 saturated heterocycles. The molecule has 0 aromatic rings. The predicted octanol–water partition coefficient (Wildman–Crippen LogP) is 3.65. The Morgan fingerprint density at radius 2 is 1.00 bits per heavy atom. The summed E-state index contributed by atoms with van der Waals surface area (Å²) >= 11 is 0. The van der Waals surface area contributed by atoms with Gasteiger partial charge in [-0.3, -0.25) is 0 Å². The minimum atomic E-state index is 0. The minimum absolute atomic E-state index is 0. The van der Waals surface area contributed by atoms with E-state index in [2.05, 4.69) is 32.7 Å². The molecule has 0 atom stereocenters. The van der Waals surface area contributed by atoms with E-state index >= 15 is 0 Å². The smallest absolute Gasteiger partial charge is 0.0135 e. The third kappa shape index (κ3) is 22000. The van der Waals surface area contributed by atoms with E-state index < -0.39 is 0 Å². The molecule has 3 radical (unpaired) electrons. The molecule has 0 aromatic heterocycles. The van der Waals surface area contributed by atoms with Crippen molar-refractivity contribution >= 4 is 17.9 Å². The second-order valence-corrected chi connectivity index (χ2v) is 2.83. The molecule has 0 aliphatic heterocycles. The monoisotopic (exact) mass is 214 g/mol. The average molecular weight is 214 g/mol. The van der Waals surface area contributed by atoms with Crippen LogP contribution in [0.4, 0.5) is 0 Å². The van der Waals surface area contributed by atoms with Crippen molar-refractivity contribution in [2.24, 2.45) is 5.73 Å². The molecule has 0 unspecified atom stereocenters. The van der Waals surface area contributed by atoms with Crippen molar-refractivity contribution in [3.63, 3.8) is 0 Å². The number of hydrogen-bond acceptors (Lipinski definition) is 1. The van der Waals surface area contributed by atoms with Gasteiger partial charge in [0.05, 0.1) is 0 Å². The Balaban J connectivity index is -0.00000000418. The maximum Gasteiger partial charge on any atom is 0.0135 e. The largest absolute Gasteiger partial charge is 0.333 e. The second-order valence-electron chi connectivity index (χ2n) is 1.41. The van der Waals surface area contributed by atoms with Crippen LogP contribution in [0.15, 0.2) is 0 Å². The van der Waals surface area contributed by atoms with Gasteiger partial charge in [0.25, 0.3) is 0 Å². The van der Waals surface area contributed by atoms with Crippen LogP contribution in [-0.4, -0.2) is 25.0 Å². The molecular formula is C10H39BNSi. The second kappa shape index (κ2) is 308. The van der Waals surface area contributed by atoms with E-state index in [0.717, 1.165) is 0 Å². The first kappa shape index (κ1) is 50.9. The Labute approximate surface area is 96.3 Å². The van der Waals surface area contributed by atoms with E-state index in [1.54, 1.807) is 0 Å². The molecule has 13 heavy (non-hydrogen) atoms. The maximum atomic E-state index is 4.50. The summed E-state index contributed by atoms with van der Waals surface area (Å²) in [6.07, 6.45) is 1.25. The lowest BCUT2D eigenvalue weighted by Gasteiger charge is -1.48. The highest BCUT2D eigenvalue weighted by atomic mass is 28.2. The number of rotatable bonds is 0. The van der Waals surface area contributed by atoms with Crippen LogP contribution in [0.2, 0.25) is 13.1 Å². The summed E-state index contributed by atoms with van der Waals surface area (Å²) in [6, 6.07) is 0. The summed E-state index contributed by atoms with van der Waals surface area (Å²) in [6.45, 7) is 12.8. The fourth-order valence-corrected chi connectivity index (χ4v) is 0. The van der Waals surface area contributed by atoms with Crippen LogP contribution in [0, 0.1) is 0 Å². The summed E-state index contributed by atoms with van der Waals surface area (Å²) in [7, 11) is 1.92. The third-order valence-electron chi connectivity index (χ3n) is 0. The SMILES string of the molecule is C.C.CC.CCC.CN.C[SiH2]C.[2HH].[2HH].[B]. The van der Waals surface area contributed by atoms with Crippen molar-refractivity contribution in [1.29, 1.82) is 0 Å². The van der Waals surface area contributed by atoms with Crippen molar-refractivity contribution in [2.75, 3.05) is 7.05 Å². The summed E-state index contributed by atoms with van der Waals surface area (Å²) in [4.78, 5) is 0. The van der Waals surface area contributed by atoms with Gasteiger partial charge in [0.2, 0.25) is 0 Å². The number of nitrogens with two attached hydrogens (primary N) is 1. The Kier molecular flexibility index (Phi) is 1210. The van der Waals surface area contributed by atoms with Gasteiger partial charge in [-0.2, -0.15) is 0 Å². The molecule has 0 amide bonds. The lowest BCUT2D eigenvalue weighted by molar-refractivity contribution is 1.09. The van der Waals surface area contributed by atoms with E-state index in [-0.39, 0.29) is 26.1 Å². The predicted molar refractivity (Wildman–Crippen MR) is 81.1 cm³/mol. The van der Waals surface area contributed by atoms with Crippen molar-refractivity contribution in [1.82, 2.24) is 0 Å². The van der Waals surface area contributed by atoms with Gasteiger partial charge < -0.3 is 5.73 Å². The van der Waals surface area contributed by atoms with Gasteiger partial charge in [-0.1, -0.05) is 62.1 Å². The van der Waals surface area contributed by atoms with E-state index in [9.17, 15) is 0 Å². The molecule has 0 bridgehead atoms. The lowest BCUT2D eigenvalue weighted by Crippen LogP contribution is -1.69. The van der Waals surface area contributed by atoms with Crippen LogP contribution in [0.25, 0.3) is 0 Å². The molecule has 3 heteroatoms. The molecular weight excluding hydrogens is 173 g/mol. The fraction of sp³-hybridized carbons (Fsp3) is 1.00. The Morgan fingerprint density at radius 1 is 1.00 bits per heavy atom. The minimum Gasteiger partial charge on any atom is -0.333 e. The molecule has 0 rings (SSSR count). The van der Waals surface area contributed by atoms with Crippen LogP contribution in [0.1, 0.15) is 51.8 Å². The van der Waals surface area contributed by atoms with Gasteiger partial charge in [-0.05, 0) is 7.05 Å². The highest BCUT2D eigenvalue weighted by Crippen LogP contribution is 1.56. The van der Waals surface area contributed by atoms with Crippen LogP contribution >= 0.6 is 0 Å². The molecule has 0 saturated carbocycles. The van der Waals surface area contributed by atoms with Crippen molar-refractivity contribution in [3.8, 4) is 0 Å². The first-order valence-corrected chi connectivity index (χ1v) is 7.23. The summed E-state index contributed by atoms with van der Waals surface area (Å²) in [5, 5.41) is 0. The molecule has 1 nitrogen and oxygen atoms in total. The molecule has 2 N–H and O–H groups in total. The number of hydrogen-bond donors (Lipinski definition) is 1. The zero-order valence-electron chi connectivity index (χ0n) is 9.57. The normalized spacial score (nSPS) is 3.69. The van der Waals surface area contributed by atoms with Gasteiger partial charge >= 0.3 is 0 Å². The average Bonchev–Trinajstić information content (AvgIpc) is 1.99. The summed E-state index contributed by atoms with van der Waals surface area (Å²) < 4.78 is 0. The van der Waals surface area contributed by atoms with Crippen LogP contribution in [0.3, 0.4) is 0 Å². The first-order valence-electron chi connectivity index (χ1n) is 4.41. The zero-order chi connectivity index (χ0) is 9.41. The van der Waals surface area contributed by atoms with Crippen molar-refractivity contribution < 1.29 is 2.85 Å². The Bertz CT molecular complexity index is 25.4. The van der Waals surface area contributed by atoms with Crippen molar-refractivity contribution in [3.05, 3.63) is 0 Å². The zero-order valence-corrected chi connectivity index (χ0v) is 11.0. The summed E-state index contributed by atoms with van der Waals surface area (Å²) in [5.41, 5.74) is 4.50. The van der Waals surface area contributed by atoms with Crippen LogP contribution in [-0.2, 0) is 0 Å². The molecule has 0 heterocycles. The van der Waals surface area contributed by atoms with E-state index in [0.29, 0.717) is 9.52 Å². The van der Waals surface area contributed by atoms with Crippen LogP contribution in [0.5, 0.6) is 0 Å². The highest BCUT2D eigenvalue weighted by Gasteiger charge is 1.38. The molecule has 0 aliphatic rings. The quantitative estimate of drug-likeness (QED) is 0.612. The lowest BCUT2D eigenvalue weighted by atomic mass is 10.6. The molecule has 0 fully saturated rings. The molecule has 0 aromatic carbocycles. The van der Waals surface area contributed by atoms with E-state index in [1.807, 2.05) is 13.8 Å². The van der Waals surface area contributed by atoms with Gasteiger partial charge in [-0.25, -0.2) is 0 Å². The van der Waals surface area contributed by atoms with Gasteiger partial charge in [0.1, 0.15) is 0 Å². The molecule has 0 aliphatic carbocycles. The van der Waals surface area contributed by atoms with E-state index in [4.69, 9.17) is 0 Å². The van der Waals surface area contributed by atoms with Crippen molar-refractivity contribution in [2.45, 2.75) is 62.1 Å². The van der Waals surface area contributed by atoms with Gasteiger partial charge in [0, 0.05) is 20.8 Å². The van der Waals surface area contributed by atoms with E-state index in [1.165, 1.54) is 13.5 Å². The summed E-state index contributed by atoms with van der Waals surface area (Å²) in [5.74, 6) is 0. The van der Waals surface area contributed by atoms with Crippen LogP contribution < -0.4 is 5.73 Å². The Morgan fingerprint density at radius 3 is 1.00 bits per heavy atom. The fourth-order valence-electron chi connectivity index (χ4n) is 0. The Hall–Kier alpha value is 0.242. The topological polar surface area (TPSA) is 26.0 Å². The first-order chi connectivity index (χ1) is 4.83.